The van der Waals surface area contributed by atoms with Gasteiger partial charge in [-0.3, -0.25) is 0 Å². The fourth-order valence-corrected chi connectivity index (χ4v) is 2.86. The van der Waals surface area contributed by atoms with E-state index in [0.29, 0.717) is 22.7 Å². The summed E-state index contributed by atoms with van der Waals surface area (Å²) in [5.74, 6) is 1.37. The molecule has 0 aliphatic carbocycles. The predicted molar refractivity (Wildman–Crippen MR) is 108 cm³/mol. The second-order valence-electron chi connectivity index (χ2n) is 6.22. The summed E-state index contributed by atoms with van der Waals surface area (Å²) in [6.07, 6.45) is 0. The minimum absolute atomic E-state index is 0.330. The molecule has 0 aliphatic heterocycles. The molecule has 0 saturated carbocycles. The monoisotopic (exact) mass is 380 g/mol. The molecule has 0 fully saturated rings. The lowest BCUT2D eigenvalue weighted by Crippen LogP contribution is -1.97. The summed E-state index contributed by atoms with van der Waals surface area (Å²) in [5.41, 5.74) is 2.30. The first kappa shape index (κ1) is 19.2. The van der Waals surface area contributed by atoms with E-state index in [9.17, 15) is 9.59 Å². The van der Waals surface area contributed by atoms with Crippen LogP contribution in [0.1, 0.15) is 11.1 Å². The van der Waals surface area contributed by atoms with E-state index in [2.05, 4.69) is 0 Å². The molecule has 28 heavy (non-hydrogen) atoms. The summed E-state index contributed by atoms with van der Waals surface area (Å²) < 4.78 is 20.2. The van der Waals surface area contributed by atoms with E-state index in [1.807, 2.05) is 38.1 Å². The molecule has 144 valence electrons. The Bertz CT molecular complexity index is 1150. The Morgan fingerprint density at radius 1 is 0.643 bits per heavy atom. The summed E-state index contributed by atoms with van der Waals surface area (Å²) in [7, 11) is 3.16. The third kappa shape index (κ3) is 4.06. The third-order valence-electron chi connectivity index (χ3n) is 4.32. The number of aryl methyl sites for hydroxylation is 2. The van der Waals surface area contributed by atoms with Gasteiger partial charge in [-0.2, -0.15) is 0 Å². The number of methoxy groups -OCH3 is 2. The highest BCUT2D eigenvalue weighted by molar-refractivity contribution is 5.81. The number of rotatable bonds is 2. The van der Waals surface area contributed by atoms with Crippen molar-refractivity contribution >= 4 is 21.9 Å². The van der Waals surface area contributed by atoms with Gasteiger partial charge >= 0.3 is 11.3 Å². The second-order valence-corrected chi connectivity index (χ2v) is 6.22. The van der Waals surface area contributed by atoms with E-state index in [-0.39, 0.29) is 11.3 Å². The van der Waals surface area contributed by atoms with Gasteiger partial charge in [0.15, 0.2) is 0 Å². The van der Waals surface area contributed by atoms with Crippen LogP contribution in [0.4, 0.5) is 0 Å². The lowest BCUT2D eigenvalue weighted by atomic mass is 10.1. The van der Waals surface area contributed by atoms with Gasteiger partial charge in [-0.25, -0.2) is 9.59 Å². The van der Waals surface area contributed by atoms with Gasteiger partial charge < -0.3 is 18.3 Å². The van der Waals surface area contributed by atoms with Crippen LogP contribution in [0.15, 0.2) is 67.0 Å². The van der Waals surface area contributed by atoms with E-state index in [0.717, 1.165) is 21.9 Å². The van der Waals surface area contributed by atoms with E-state index < -0.39 is 0 Å². The molecule has 0 unspecified atom stereocenters. The SMILES string of the molecule is COc1ccc2c(C)cc(=O)oc2c1.COc1ccc2c(C)cc(=O)oc2c1. The van der Waals surface area contributed by atoms with Gasteiger partial charge in [0.25, 0.3) is 0 Å². The maximum Gasteiger partial charge on any atom is 0.336 e. The molecule has 0 spiro atoms. The number of hydrogen-bond donors (Lipinski definition) is 0. The lowest BCUT2D eigenvalue weighted by Gasteiger charge is -2.02. The van der Waals surface area contributed by atoms with Gasteiger partial charge in [0.1, 0.15) is 22.7 Å². The molecule has 0 amide bonds. The average molecular weight is 380 g/mol. The van der Waals surface area contributed by atoms with Crippen LogP contribution in [-0.2, 0) is 0 Å². The Morgan fingerprint density at radius 2 is 1.04 bits per heavy atom. The van der Waals surface area contributed by atoms with Crippen LogP contribution in [0.3, 0.4) is 0 Å². The molecule has 2 heterocycles. The molecular weight excluding hydrogens is 360 g/mol. The molecule has 6 nitrogen and oxygen atoms in total. The summed E-state index contributed by atoms with van der Waals surface area (Å²) in [5, 5.41) is 1.87. The highest BCUT2D eigenvalue weighted by Gasteiger charge is 2.03. The molecular formula is C22H20O6. The minimum atomic E-state index is -0.330. The molecule has 4 rings (SSSR count). The van der Waals surface area contributed by atoms with Crippen LogP contribution in [0.25, 0.3) is 21.9 Å². The van der Waals surface area contributed by atoms with Crippen molar-refractivity contribution in [2.75, 3.05) is 14.2 Å². The standard InChI is InChI=1S/2C11H10O3/c2*1-7-5-11(12)14-10-6-8(13-2)3-4-9(7)10/h2*3-6H,1-2H3. The Balaban J connectivity index is 0.000000161. The van der Waals surface area contributed by atoms with Crippen LogP contribution < -0.4 is 20.7 Å². The first-order valence-corrected chi connectivity index (χ1v) is 8.58. The van der Waals surface area contributed by atoms with Crippen molar-refractivity contribution in [1.29, 1.82) is 0 Å². The molecule has 0 radical (unpaired) electrons. The highest BCUT2D eigenvalue weighted by atomic mass is 16.5. The maximum absolute atomic E-state index is 11.1. The zero-order valence-electron chi connectivity index (χ0n) is 16.1. The third-order valence-corrected chi connectivity index (χ3v) is 4.32. The topological polar surface area (TPSA) is 78.9 Å². The van der Waals surface area contributed by atoms with Crippen LogP contribution >= 0.6 is 0 Å². The van der Waals surface area contributed by atoms with Crippen molar-refractivity contribution in [3.05, 3.63) is 80.5 Å². The Morgan fingerprint density at radius 3 is 1.39 bits per heavy atom. The Hall–Kier alpha value is -3.54. The highest BCUT2D eigenvalue weighted by Crippen LogP contribution is 2.22. The predicted octanol–water partition coefficient (Wildman–Crippen LogP) is 4.22. The zero-order valence-corrected chi connectivity index (χ0v) is 16.1. The minimum Gasteiger partial charge on any atom is -0.497 e. The first-order valence-electron chi connectivity index (χ1n) is 8.58. The molecule has 6 heteroatoms. The lowest BCUT2D eigenvalue weighted by molar-refractivity contribution is 0.414. The van der Waals surface area contributed by atoms with Gasteiger partial charge in [0, 0.05) is 35.0 Å². The van der Waals surface area contributed by atoms with E-state index in [4.69, 9.17) is 18.3 Å². The van der Waals surface area contributed by atoms with E-state index in [1.165, 1.54) is 12.1 Å². The summed E-state index contributed by atoms with van der Waals surface area (Å²) in [6, 6.07) is 13.8. The molecule has 2 aromatic carbocycles. The van der Waals surface area contributed by atoms with Gasteiger partial charge in [-0.15, -0.1) is 0 Å². The normalized spacial score (nSPS) is 10.4. The van der Waals surface area contributed by atoms with Crippen LogP contribution in [0.2, 0.25) is 0 Å². The van der Waals surface area contributed by atoms with Gasteiger partial charge in [0.05, 0.1) is 14.2 Å². The van der Waals surface area contributed by atoms with Crippen molar-refractivity contribution < 1.29 is 18.3 Å². The van der Waals surface area contributed by atoms with Gasteiger partial charge in [0.2, 0.25) is 0 Å². The molecule has 0 saturated heterocycles. The van der Waals surface area contributed by atoms with Crippen molar-refractivity contribution in [1.82, 2.24) is 0 Å². The van der Waals surface area contributed by atoms with Crippen molar-refractivity contribution in [3.8, 4) is 11.5 Å². The number of hydrogen-bond acceptors (Lipinski definition) is 6. The average Bonchev–Trinajstić information content (AvgIpc) is 2.67. The van der Waals surface area contributed by atoms with Gasteiger partial charge in [-0.05, 0) is 49.2 Å². The van der Waals surface area contributed by atoms with Crippen molar-refractivity contribution in [2.45, 2.75) is 13.8 Å². The molecule has 0 aliphatic rings. The van der Waals surface area contributed by atoms with Crippen LogP contribution in [0, 0.1) is 13.8 Å². The fraction of sp³-hybridized carbons (Fsp3) is 0.182. The van der Waals surface area contributed by atoms with Crippen LogP contribution in [0.5, 0.6) is 11.5 Å². The Kier molecular flexibility index (Phi) is 5.49. The first-order chi connectivity index (χ1) is 13.4. The summed E-state index contributed by atoms with van der Waals surface area (Å²) in [4.78, 5) is 22.2. The van der Waals surface area contributed by atoms with Crippen LogP contribution in [-0.4, -0.2) is 14.2 Å². The van der Waals surface area contributed by atoms with Crippen molar-refractivity contribution in [3.63, 3.8) is 0 Å². The maximum atomic E-state index is 11.1. The summed E-state index contributed by atoms with van der Waals surface area (Å²) >= 11 is 0. The smallest absolute Gasteiger partial charge is 0.336 e. The largest absolute Gasteiger partial charge is 0.497 e. The van der Waals surface area contributed by atoms with Crippen molar-refractivity contribution in [2.24, 2.45) is 0 Å². The molecule has 0 N–H and O–H groups in total. The fourth-order valence-electron chi connectivity index (χ4n) is 2.86. The Labute approximate surface area is 160 Å². The van der Waals surface area contributed by atoms with E-state index >= 15 is 0 Å². The number of benzene rings is 2. The molecule has 0 bridgehead atoms. The quantitative estimate of drug-likeness (QED) is 0.485. The zero-order chi connectivity index (χ0) is 20.3. The number of ether oxygens (including phenoxy) is 2. The van der Waals surface area contributed by atoms with Gasteiger partial charge in [-0.1, -0.05) is 0 Å². The van der Waals surface area contributed by atoms with E-state index in [1.54, 1.807) is 26.4 Å². The number of fused-ring (bicyclic) bond motifs is 2. The molecule has 2 aromatic heterocycles. The molecule has 0 atom stereocenters. The molecule has 4 aromatic rings. The second kappa shape index (κ2) is 8.00. The summed E-state index contributed by atoms with van der Waals surface area (Å²) in [6.45, 7) is 3.76.